The van der Waals surface area contributed by atoms with E-state index < -0.39 is 23.4 Å². The van der Waals surface area contributed by atoms with Crippen molar-refractivity contribution >= 4 is 29.3 Å². The van der Waals surface area contributed by atoms with E-state index in [9.17, 15) is 18.0 Å². The fraction of sp³-hybridized carbons (Fsp3) is 0.261. The molecule has 0 aliphatic rings. The Kier molecular flexibility index (Phi) is 8.67. The largest absolute Gasteiger partial charge is 0.379 e. The monoisotopic (exact) mass is 493 g/mol. The van der Waals surface area contributed by atoms with Crippen LogP contribution in [0, 0.1) is 17.5 Å². The maximum atomic E-state index is 13.8. The SMILES string of the molecule is CC(C)OCCCN=C(NC(=O)c1ccc(Cl)c(F)c1)Nc1cc(-c2cc(F)cc(F)c2)[nH]n1. The van der Waals surface area contributed by atoms with E-state index in [0.29, 0.717) is 25.3 Å². The van der Waals surface area contributed by atoms with E-state index in [-0.39, 0.29) is 34.0 Å². The molecule has 180 valence electrons. The summed E-state index contributed by atoms with van der Waals surface area (Å²) in [6.07, 6.45) is 0.666. The molecule has 0 saturated carbocycles. The number of halogens is 4. The van der Waals surface area contributed by atoms with Crippen LogP contribution in [0.5, 0.6) is 0 Å². The van der Waals surface area contributed by atoms with Crippen molar-refractivity contribution < 1.29 is 22.7 Å². The predicted octanol–water partition coefficient (Wildman–Crippen LogP) is 5.16. The number of hydrogen-bond acceptors (Lipinski definition) is 4. The van der Waals surface area contributed by atoms with Crippen LogP contribution in [0.25, 0.3) is 11.3 Å². The minimum absolute atomic E-state index is 0.0393. The Morgan fingerprint density at radius 2 is 1.88 bits per heavy atom. The molecule has 0 fully saturated rings. The molecule has 1 heterocycles. The lowest BCUT2D eigenvalue weighted by atomic mass is 10.1. The second-order valence-electron chi connectivity index (χ2n) is 7.54. The average Bonchev–Trinajstić information content (AvgIpc) is 3.23. The molecule has 0 aliphatic heterocycles. The lowest BCUT2D eigenvalue weighted by Gasteiger charge is -2.11. The number of aromatic amines is 1. The predicted molar refractivity (Wildman–Crippen MR) is 124 cm³/mol. The summed E-state index contributed by atoms with van der Waals surface area (Å²) in [5, 5.41) is 12.0. The van der Waals surface area contributed by atoms with Gasteiger partial charge in [0, 0.05) is 36.4 Å². The number of rotatable bonds is 8. The minimum atomic E-state index is -0.731. The van der Waals surface area contributed by atoms with Gasteiger partial charge in [-0.15, -0.1) is 0 Å². The second-order valence-corrected chi connectivity index (χ2v) is 7.94. The average molecular weight is 494 g/mol. The van der Waals surface area contributed by atoms with Crippen LogP contribution in [0.15, 0.2) is 47.5 Å². The van der Waals surface area contributed by atoms with Gasteiger partial charge in [-0.2, -0.15) is 5.10 Å². The standard InChI is InChI=1S/C23H23ClF3N5O2/c1-13(2)34-7-3-6-28-23(30-22(33)14-4-5-18(24)19(27)10-14)29-21-12-20(31-32-21)15-8-16(25)11-17(26)9-15/h4-5,8-13H,3,6-7H2,1-2H3,(H3,28,29,30,31,32,33). The topological polar surface area (TPSA) is 91.4 Å². The first kappa shape index (κ1) is 25.3. The molecular weight excluding hydrogens is 471 g/mol. The second kappa shape index (κ2) is 11.7. The summed E-state index contributed by atoms with van der Waals surface area (Å²) in [5.41, 5.74) is 0.636. The number of aromatic nitrogens is 2. The molecule has 0 saturated heterocycles. The molecule has 0 aliphatic carbocycles. The minimum Gasteiger partial charge on any atom is -0.379 e. The summed E-state index contributed by atoms with van der Waals surface area (Å²) < 4.78 is 46.3. The van der Waals surface area contributed by atoms with Gasteiger partial charge in [0.15, 0.2) is 5.82 Å². The van der Waals surface area contributed by atoms with E-state index in [0.717, 1.165) is 24.3 Å². The number of ether oxygens (including phenoxy) is 1. The zero-order valence-electron chi connectivity index (χ0n) is 18.5. The van der Waals surface area contributed by atoms with Gasteiger partial charge in [-0.1, -0.05) is 11.6 Å². The third kappa shape index (κ3) is 7.32. The molecule has 2 aromatic carbocycles. The molecule has 3 aromatic rings. The van der Waals surface area contributed by atoms with Crippen molar-refractivity contribution in [3.63, 3.8) is 0 Å². The van der Waals surface area contributed by atoms with Crippen LogP contribution in [0.2, 0.25) is 5.02 Å². The van der Waals surface area contributed by atoms with Gasteiger partial charge in [0.25, 0.3) is 5.91 Å². The molecule has 3 N–H and O–H groups in total. The zero-order valence-corrected chi connectivity index (χ0v) is 19.2. The Labute approximate surface area is 199 Å². The smallest absolute Gasteiger partial charge is 0.258 e. The van der Waals surface area contributed by atoms with Gasteiger partial charge < -0.3 is 10.1 Å². The highest BCUT2D eigenvalue weighted by Crippen LogP contribution is 2.22. The van der Waals surface area contributed by atoms with Crippen LogP contribution in [0.1, 0.15) is 30.6 Å². The maximum absolute atomic E-state index is 13.8. The van der Waals surface area contributed by atoms with Crippen LogP contribution in [-0.2, 0) is 4.74 Å². The number of aliphatic imine (C=N–C) groups is 1. The number of benzene rings is 2. The summed E-state index contributed by atoms with van der Waals surface area (Å²) in [5.74, 6) is -2.53. The molecule has 0 unspecified atom stereocenters. The van der Waals surface area contributed by atoms with Gasteiger partial charge in [0.05, 0.1) is 16.8 Å². The van der Waals surface area contributed by atoms with Gasteiger partial charge in [0.1, 0.15) is 17.5 Å². The maximum Gasteiger partial charge on any atom is 0.258 e. The quantitative estimate of drug-likeness (QED) is 0.230. The van der Waals surface area contributed by atoms with Crippen molar-refractivity contribution in [3.8, 4) is 11.3 Å². The summed E-state index contributed by atoms with van der Waals surface area (Å²) in [6, 6.07) is 8.23. The van der Waals surface area contributed by atoms with E-state index >= 15 is 0 Å². The van der Waals surface area contributed by atoms with Crippen LogP contribution >= 0.6 is 11.6 Å². The van der Waals surface area contributed by atoms with Crippen LogP contribution in [0.4, 0.5) is 19.0 Å². The van der Waals surface area contributed by atoms with Crippen LogP contribution in [-0.4, -0.2) is 41.3 Å². The first-order valence-electron chi connectivity index (χ1n) is 10.4. The third-order valence-electron chi connectivity index (χ3n) is 4.44. The number of H-pyrrole nitrogens is 1. The Morgan fingerprint density at radius 1 is 1.15 bits per heavy atom. The van der Waals surface area contributed by atoms with Gasteiger partial charge in [-0.3, -0.25) is 20.2 Å². The molecule has 7 nitrogen and oxygen atoms in total. The summed E-state index contributed by atoms with van der Waals surface area (Å²) in [6.45, 7) is 4.63. The molecule has 0 spiro atoms. The third-order valence-corrected chi connectivity index (χ3v) is 4.74. The van der Waals surface area contributed by atoms with Crippen molar-refractivity contribution in [1.82, 2.24) is 15.5 Å². The number of nitrogens with one attached hydrogen (secondary N) is 3. The molecule has 1 aromatic heterocycles. The van der Waals surface area contributed by atoms with E-state index in [4.69, 9.17) is 16.3 Å². The highest BCUT2D eigenvalue weighted by Gasteiger charge is 2.14. The Balaban J connectivity index is 1.75. The lowest BCUT2D eigenvalue weighted by Crippen LogP contribution is -2.36. The molecule has 0 bridgehead atoms. The Bertz CT molecular complexity index is 1160. The number of amides is 1. The van der Waals surface area contributed by atoms with E-state index in [1.807, 2.05) is 13.8 Å². The molecule has 0 atom stereocenters. The molecule has 1 amide bonds. The summed E-state index contributed by atoms with van der Waals surface area (Å²) in [7, 11) is 0. The number of nitrogens with zero attached hydrogens (tertiary/aromatic N) is 2. The van der Waals surface area contributed by atoms with Gasteiger partial charge in [-0.25, -0.2) is 13.2 Å². The number of carbonyl (C=O) groups excluding carboxylic acids is 1. The van der Waals surface area contributed by atoms with Crippen LogP contribution in [0.3, 0.4) is 0 Å². The van der Waals surface area contributed by atoms with Crippen molar-refractivity contribution in [2.75, 3.05) is 18.5 Å². The van der Waals surface area contributed by atoms with E-state index in [1.54, 1.807) is 0 Å². The fourth-order valence-corrected chi connectivity index (χ4v) is 2.98. The fourth-order valence-electron chi connectivity index (χ4n) is 2.87. The Morgan fingerprint density at radius 3 is 2.56 bits per heavy atom. The van der Waals surface area contributed by atoms with Gasteiger partial charge in [-0.05, 0) is 50.6 Å². The molecule has 34 heavy (non-hydrogen) atoms. The summed E-state index contributed by atoms with van der Waals surface area (Å²) in [4.78, 5) is 16.9. The molecule has 0 radical (unpaired) electrons. The number of guanidine groups is 1. The molecule has 3 rings (SSSR count). The van der Waals surface area contributed by atoms with E-state index in [2.05, 4.69) is 25.8 Å². The first-order chi connectivity index (χ1) is 16.2. The van der Waals surface area contributed by atoms with Gasteiger partial charge >= 0.3 is 0 Å². The first-order valence-corrected chi connectivity index (χ1v) is 10.8. The van der Waals surface area contributed by atoms with Crippen molar-refractivity contribution in [2.45, 2.75) is 26.4 Å². The number of carbonyl (C=O) groups is 1. The molecular formula is C23H23ClF3N5O2. The van der Waals surface area contributed by atoms with E-state index in [1.165, 1.54) is 18.2 Å². The number of anilines is 1. The number of hydrogen-bond donors (Lipinski definition) is 3. The van der Waals surface area contributed by atoms with Crippen LogP contribution < -0.4 is 10.6 Å². The van der Waals surface area contributed by atoms with Crippen molar-refractivity contribution in [3.05, 3.63) is 70.5 Å². The lowest BCUT2D eigenvalue weighted by molar-refractivity contribution is 0.0783. The Hall–Kier alpha value is -3.37. The molecule has 11 heteroatoms. The van der Waals surface area contributed by atoms with Gasteiger partial charge in [0.2, 0.25) is 5.96 Å². The zero-order chi connectivity index (χ0) is 24.7. The van der Waals surface area contributed by atoms with Crippen molar-refractivity contribution in [1.29, 1.82) is 0 Å². The highest BCUT2D eigenvalue weighted by molar-refractivity contribution is 6.30. The normalized spacial score (nSPS) is 11.7. The highest BCUT2D eigenvalue weighted by atomic mass is 35.5. The summed E-state index contributed by atoms with van der Waals surface area (Å²) >= 11 is 5.68. The van der Waals surface area contributed by atoms with Crippen molar-refractivity contribution in [2.24, 2.45) is 4.99 Å².